The maximum Gasteiger partial charge on any atom is 0.491 e. The van der Waals surface area contributed by atoms with Gasteiger partial charge >= 0.3 is 7.12 Å². The summed E-state index contributed by atoms with van der Waals surface area (Å²) in [6.07, 6.45) is 0. The Balaban J connectivity index is 1.86. The summed E-state index contributed by atoms with van der Waals surface area (Å²) < 4.78 is 10.2. The van der Waals surface area contributed by atoms with Crippen molar-refractivity contribution in [2.24, 2.45) is 0 Å². The summed E-state index contributed by atoms with van der Waals surface area (Å²) >= 11 is 0. The normalized spacial score (nSPS) is 12.7. The summed E-state index contributed by atoms with van der Waals surface area (Å²) in [5.74, 6) is 0.869. The molecule has 0 fully saturated rings. The van der Waals surface area contributed by atoms with Crippen molar-refractivity contribution >= 4 is 29.8 Å². The van der Waals surface area contributed by atoms with Crippen LogP contribution in [0.5, 0.6) is 5.88 Å². The minimum atomic E-state index is -0.842. The van der Waals surface area contributed by atoms with Crippen LogP contribution >= 0.6 is 0 Å². The van der Waals surface area contributed by atoms with E-state index < -0.39 is 7.12 Å². The van der Waals surface area contributed by atoms with Crippen LogP contribution in [0.3, 0.4) is 0 Å². The molecule has 2 N–H and O–H groups in total. The highest BCUT2D eigenvalue weighted by Gasteiger charge is 2.26. The zero-order chi connectivity index (χ0) is 14.8. The van der Waals surface area contributed by atoms with E-state index in [1.165, 1.54) is 7.11 Å². The van der Waals surface area contributed by atoms with Gasteiger partial charge in [-0.2, -0.15) is 0 Å². The van der Waals surface area contributed by atoms with E-state index in [1.807, 2.05) is 18.2 Å². The Morgan fingerprint density at radius 3 is 3.05 bits per heavy atom. The average molecular weight is 281 g/mol. The maximum atomic E-state index is 9.59. The molecule has 0 amide bonds. The van der Waals surface area contributed by atoms with E-state index in [-0.39, 0.29) is 5.88 Å². The molecular weight excluding hydrogens is 269 g/mol. The van der Waals surface area contributed by atoms with Crippen molar-refractivity contribution in [1.82, 2.24) is 4.98 Å². The molecule has 0 radical (unpaired) electrons. The molecule has 104 valence electrons. The zero-order valence-electron chi connectivity index (χ0n) is 11.3. The predicted octanol–water partition coefficient (Wildman–Crippen LogP) is 1.60. The van der Waals surface area contributed by atoms with E-state index in [2.05, 4.69) is 15.1 Å². The van der Waals surface area contributed by atoms with Crippen LogP contribution in [0.1, 0.15) is 5.56 Å². The lowest BCUT2D eigenvalue weighted by molar-refractivity contribution is 0.275. The van der Waals surface area contributed by atoms with Gasteiger partial charge in [0.25, 0.3) is 0 Å². The molecule has 2 aromatic rings. The molecule has 0 saturated carbocycles. The van der Waals surface area contributed by atoms with Gasteiger partial charge in [0.05, 0.1) is 20.3 Å². The standard InChI is InChI=1S/C14H12BN3O3/c1-16-12-5-6-13(18-14(12)20-2)17-10-3-4-11-9(7-10)8-21-15(11)19/h3-7,19H,8H2,2H3,(H,17,18). The number of nitrogens with one attached hydrogen (secondary N) is 1. The Morgan fingerprint density at radius 2 is 2.29 bits per heavy atom. The van der Waals surface area contributed by atoms with Crippen molar-refractivity contribution in [3.63, 3.8) is 0 Å². The number of pyridine rings is 1. The molecule has 0 aliphatic carbocycles. The third kappa shape index (κ3) is 2.54. The molecule has 1 aromatic heterocycles. The summed E-state index contributed by atoms with van der Waals surface area (Å²) in [7, 11) is 0.639. The maximum absolute atomic E-state index is 9.59. The molecule has 1 aliphatic heterocycles. The lowest BCUT2D eigenvalue weighted by atomic mass is 9.79. The van der Waals surface area contributed by atoms with Gasteiger partial charge in [-0.05, 0) is 35.3 Å². The SMILES string of the molecule is [C-]#[N+]c1ccc(Nc2ccc3c(c2)COB3O)nc1OC. The van der Waals surface area contributed by atoms with E-state index in [1.54, 1.807) is 12.1 Å². The summed E-state index contributed by atoms with van der Waals surface area (Å²) in [5, 5.41) is 12.7. The van der Waals surface area contributed by atoms with Gasteiger partial charge in [0.2, 0.25) is 11.6 Å². The molecule has 2 heterocycles. The first-order chi connectivity index (χ1) is 10.2. The van der Waals surface area contributed by atoms with Crippen molar-refractivity contribution in [3.8, 4) is 5.88 Å². The minimum absolute atomic E-state index is 0.287. The second kappa shape index (κ2) is 5.44. The molecule has 1 aliphatic rings. The number of methoxy groups -OCH3 is 1. The number of rotatable bonds is 3. The van der Waals surface area contributed by atoms with E-state index in [4.69, 9.17) is 16.0 Å². The van der Waals surface area contributed by atoms with Gasteiger partial charge in [-0.25, -0.2) is 9.83 Å². The lowest BCUT2D eigenvalue weighted by Gasteiger charge is -2.09. The number of ether oxygens (including phenoxy) is 1. The summed E-state index contributed by atoms with van der Waals surface area (Å²) in [6.45, 7) is 7.42. The number of fused-ring (bicyclic) bond motifs is 1. The first-order valence-corrected chi connectivity index (χ1v) is 6.33. The van der Waals surface area contributed by atoms with Crippen LogP contribution in [0.15, 0.2) is 30.3 Å². The fourth-order valence-electron chi connectivity index (χ4n) is 2.19. The van der Waals surface area contributed by atoms with Crippen LogP contribution in [0.25, 0.3) is 4.85 Å². The molecule has 0 atom stereocenters. The molecule has 3 rings (SSSR count). The Kier molecular flexibility index (Phi) is 3.48. The molecule has 21 heavy (non-hydrogen) atoms. The van der Waals surface area contributed by atoms with Gasteiger partial charge in [0, 0.05) is 5.69 Å². The third-order valence-corrected chi connectivity index (χ3v) is 3.23. The van der Waals surface area contributed by atoms with E-state index in [0.29, 0.717) is 18.1 Å². The van der Waals surface area contributed by atoms with Gasteiger partial charge in [-0.1, -0.05) is 6.07 Å². The van der Waals surface area contributed by atoms with E-state index >= 15 is 0 Å². The number of hydrogen-bond donors (Lipinski definition) is 2. The number of hydrogen-bond acceptors (Lipinski definition) is 5. The van der Waals surface area contributed by atoms with Crippen LogP contribution in [-0.4, -0.2) is 24.2 Å². The van der Waals surface area contributed by atoms with E-state index in [9.17, 15) is 5.02 Å². The second-order valence-corrected chi connectivity index (χ2v) is 4.54. The molecule has 0 saturated heterocycles. The van der Waals surface area contributed by atoms with Gasteiger partial charge in [-0.3, -0.25) is 0 Å². The Labute approximate surface area is 122 Å². The molecular formula is C14H12BN3O3. The fraction of sp³-hybridized carbons (Fsp3) is 0.143. The number of nitrogens with zero attached hydrogens (tertiary/aromatic N) is 2. The Hall–Kier alpha value is -2.56. The minimum Gasteiger partial charge on any atom is -0.490 e. The lowest BCUT2D eigenvalue weighted by Crippen LogP contribution is -2.27. The first kappa shape index (κ1) is 13.4. The van der Waals surface area contributed by atoms with Gasteiger partial charge in [0.15, 0.2) is 0 Å². The largest absolute Gasteiger partial charge is 0.491 e. The van der Waals surface area contributed by atoms with Crippen molar-refractivity contribution in [2.75, 3.05) is 12.4 Å². The van der Waals surface area contributed by atoms with Gasteiger partial charge < -0.3 is 19.7 Å². The quantitative estimate of drug-likeness (QED) is 0.660. The highest BCUT2D eigenvalue weighted by Crippen LogP contribution is 2.28. The topological polar surface area (TPSA) is 68.0 Å². The molecule has 7 heteroatoms. The zero-order valence-corrected chi connectivity index (χ0v) is 11.3. The van der Waals surface area contributed by atoms with Crippen molar-refractivity contribution in [3.05, 3.63) is 47.3 Å². The monoisotopic (exact) mass is 281 g/mol. The predicted molar refractivity (Wildman–Crippen MR) is 79.2 cm³/mol. The van der Waals surface area contributed by atoms with Crippen molar-refractivity contribution in [2.45, 2.75) is 6.61 Å². The van der Waals surface area contributed by atoms with Gasteiger partial charge in [-0.15, -0.1) is 0 Å². The van der Waals surface area contributed by atoms with Crippen LogP contribution in [0.2, 0.25) is 0 Å². The third-order valence-electron chi connectivity index (χ3n) is 3.23. The summed E-state index contributed by atoms with van der Waals surface area (Å²) in [6, 6.07) is 8.94. The smallest absolute Gasteiger partial charge is 0.490 e. The molecule has 0 spiro atoms. The van der Waals surface area contributed by atoms with E-state index in [0.717, 1.165) is 16.7 Å². The van der Waals surface area contributed by atoms with Crippen LogP contribution < -0.4 is 15.5 Å². The first-order valence-electron chi connectivity index (χ1n) is 6.33. The molecule has 1 aromatic carbocycles. The molecule has 0 bridgehead atoms. The number of benzene rings is 1. The summed E-state index contributed by atoms with van der Waals surface area (Å²) in [4.78, 5) is 7.57. The fourth-order valence-corrected chi connectivity index (χ4v) is 2.19. The second-order valence-electron chi connectivity index (χ2n) is 4.54. The van der Waals surface area contributed by atoms with Crippen molar-refractivity contribution < 1.29 is 14.4 Å². The van der Waals surface area contributed by atoms with Crippen LogP contribution in [-0.2, 0) is 11.3 Å². The van der Waals surface area contributed by atoms with Crippen LogP contribution in [0.4, 0.5) is 17.2 Å². The number of aromatic nitrogens is 1. The number of anilines is 2. The summed E-state index contributed by atoms with van der Waals surface area (Å²) in [5.41, 5.74) is 2.93. The molecule has 6 nitrogen and oxygen atoms in total. The highest BCUT2D eigenvalue weighted by molar-refractivity contribution is 6.61. The van der Waals surface area contributed by atoms with Crippen LogP contribution in [0, 0.1) is 6.57 Å². The Bertz CT molecular complexity index is 730. The highest BCUT2D eigenvalue weighted by atomic mass is 16.5. The molecule has 0 unspecified atom stereocenters. The van der Waals surface area contributed by atoms with Gasteiger partial charge in [0.1, 0.15) is 5.82 Å². The Morgan fingerprint density at radius 1 is 1.43 bits per heavy atom. The average Bonchev–Trinajstić information content (AvgIpc) is 2.88. The van der Waals surface area contributed by atoms with Crippen molar-refractivity contribution in [1.29, 1.82) is 0 Å².